The smallest absolute Gasteiger partial charge is 0.343 e. The summed E-state index contributed by atoms with van der Waals surface area (Å²) in [6.07, 6.45) is 0. The molecular formula is C26H16Cl2O4. The van der Waals surface area contributed by atoms with E-state index in [1.165, 1.54) is 0 Å². The zero-order chi connectivity index (χ0) is 22.5. The first-order valence-electron chi connectivity index (χ1n) is 9.65. The van der Waals surface area contributed by atoms with Gasteiger partial charge in [-0.05, 0) is 60.7 Å². The van der Waals surface area contributed by atoms with Crippen molar-refractivity contribution in [3.8, 4) is 22.6 Å². The molecule has 0 radical (unpaired) electrons. The molecule has 0 fully saturated rings. The van der Waals surface area contributed by atoms with Crippen LogP contribution in [0, 0.1) is 0 Å². The Morgan fingerprint density at radius 2 is 0.844 bits per heavy atom. The van der Waals surface area contributed by atoms with E-state index in [-0.39, 0.29) is 0 Å². The van der Waals surface area contributed by atoms with Crippen molar-refractivity contribution in [3.63, 3.8) is 0 Å². The Morgan fingerprint density at radius 3 is 1.22 bits per heavy atom. The minimum atomic E-state index is -0.523. The lowest BCUT2D eigenvalue weighted by atomic mass is 10.0. The molecule has 4 rings (SSSR count). The standard InChI is InChI=1S/C26H16Cl2O4/c27-19-13-9-17(10-14-19)25(29)31-23-7-3-1-5-21(23)22-6-2-4-8-24(22)32-26(30)18-11-15-20(28)16-12-18/h1-16H. The summed E-state index contributed by atoms with van der Waals surface area (Å²) < 4.78 is 11.3. The van der Waals surface area contributed by atoms with Crippen LogP contribution in [-0.4, -0.2) is 11.9 Å². The molecule has 0 aromatic heterocycles. The summed E-state index contributed by atoms with van der Waals surface area (Å²) in [7, 11) is 0. The highest BCUT2D eigenvalue weighted by Crippen LogP contribution is 2.37. The van der Waals surface area contributed by atoms with Gasteiger partial charge in [0.15, 0.2) is 0 Å². The molecule has 4 aromatic rings. The number of halogens is 2. The van der Waals surface area contributed by atoms with E-state index in [4.69, 9.17) is 32.7 Å². The molecule has 0 amide bonds. The second kappa shape index (κ2) is 9.69. The molecule has 0 bridgehead atoms. The van der Waals surface area contributed by atoms with Crippen LogP contribution in [0.1, 0.15) is 20.7 Å². The Morgan fingerprint density at radius 1 is 0.500 bits per heavy atom. The van der Waals surface area contributed by atoms with Crippen LogP contribution in [-0.2, 0) is 0 Å². The lowest BCUT2D eigenvalue weighted by molar-refractivity contribution is 0.0723. The zero-order valence-electron chi connectivity index (χ0n) is 16.6. The van der Waals surface area contributed by atoms with Crippen LogP contribution >= 0.6 is 23.2 Å². The first kappa shape index (κ1) is 21.6. The molecule has 158 valence electrons. The third-order valence-electron chi connectivity index (χ3n) is 4.63. The summed E-state index contributed by atoms with van der Waals surface area (Å²) in [6, 6.07) is 26.9. The largest absolute Gasteiger partial charge is 0.422 e. The minimum Gasteiger partial charge on any atom is -0.422 e. The van der Waals surface area contributed by atoms with E-state index in [0.717, 1.165) is 0 Å². The SMILES string of the molecule is O=C(Oc1ccccc1-c1ccccc1OC(=O)c1ccc(Cl)cc1)c1ccc(Cl)cc1. The van der Waals surface area contributed by atoms with Crippen LogP contribution in [0.15, 0.2) is 97.1 Å². The number of benzene rings is 4. The van der Waals surface area contributed by atoms with Crippen molar-refractivity contribution in [1.82, 2.24) is 0 Å². The van der Waals surface area contributed by atoms with Crippen LogP contribution < -0.4 is 9.47 Å². The molecule has 0 spiro atoms. The second-order valence-electron chi connectivity index (χ2n) is 6.79. The lowest BCUT2D eigenvalue weighted by Crippen LogP contribution is -2.10. The molecule has 32 heavy (non-hydrogen) atoms. The molecule has 0 heterocycles. The Hall–Kier alpha value is -3.60. The van der Waals surface area contributed by atoms with Crippen molar-refractivity contribution < 1.29 is 19.1 Å². The number of rotatable bonds is 5. The number of carbonyl (C=O) groups is 2. The number of hydrogen-bond donors (Lipinski definition) is 0. The second-order valence-corrected chi connectivity index (χ2v) is 7.66. The van der Waals surface area contributed by atoms with Crippen LogP contribution in [0.2, 0.25) is 10.0 Å². The summed E-state index contributed by atoms with van der Waals surface area (Å²) in [5.74, 6) is -0.376. The van der Waals surface area contributed by atoms with Gasteiger partial charge in [0.25, 0.3) is 0 Å². The van der Waals surface area contributed by atoms with Crippen molar-refractivity contribution in [1.29, 1.82) is 0 Å². The molecular weight excluding hydrogens is 447 g/mol. The van der Waals surface area contributed by atoms with E-state index >= 15 is 0 Å². The molecule has 0 aliphatic carbocycles. The quantitative estimate of drug-likeness (QED) is 0.234. The molecule has 0 N–H and O–H groups in total. The molecule has 0 saturated carbocycles. The van der Waals surface area contributed by atoms with Gasteiger partial charge in [0, 0.05) is 21.2 Å². The van der Waals surface area contributed by atoms with E-state index < -0.39 is 11.9 Å². The van der Waals surface area contributed by atoms with E-state index in [9.17, 15) is 9.59 Å². The van der Waals surface area contributed by atoms with Crippen molar-refractivity contribution in [2.45, 2.75) is 0 Å². The fraction of sp³-hybridized carbons (Fsp3) is 0. The van der Waals surface area contributed by atoms with Gasteiger partial charge < -0.3 is 9.47 Å². The van der Waals surface area contributed by atoms with Crippen LogP contribution in [0.4, 0.5) is 0 Å². The Bertz CT molecular complexity index is 1160. The highest BCUT2D eigenvalue weighted by Gasteiger charge is 2.17. The highest BCUT2D eigenvalue weighted by atomic mass is 35.5. The first-order chi connectivity index (χ1) is 15.5. The van der Waals surface area contributed by atoms with Crippen molar-refractivity contribution in [2.75, 3.05) is 0 Å². The molecule has 4 nitrogen and oxygen atoms in total. The van der Waals surface area contributed by atoms with Gasteiger partial charge in [-0.15, -0.1) is 0 Å². The summed E-state index contributed by atoms with van der Waals surface area (Å²) in [4.78, 5) is 25.2. The zero-order valence-corrected chi connectivity index (χ0v) is 18.1. The maximum absolute atomic E-state index is 12.6. The average molecular weight is 463 g/mol. The van der Waals surface area contributed by atoms with Gasteiger partial charge in [0.1, 0.15) is 11.5 Å². The van der Waals surface area contributed by atoms with Crippen molar-refractivity contribution in [2.24, 2.45) is 0 Å². The minimum absolute atomic E-state index is 0.336. The molecule has 0 saturated heterocycles. The van der Waals surface area contributed by atoms with Gasteiger partial charge in [0.2, 0.25) is 0 Å². The molecule has 6 heteroatoms. The first-order valence-corrected chi connectivity index (χ1v) is 10.4. The summed E-state index contributed by atoms with van der Waals surface area (Å²) in [5, 5.41) is 1.05. The summed E-state index contributed by atoms with van der Waals surface area (Å²) >= 11 is 11.8. The number of esters is 2. The molecule has 0 atom stereocenters. The predicted octanol–water partition coefficient (Wildman–Crippen LogP) is 7.10. The van der Waals surface area contributed by atoms with Gasteiger partial charge in [-0.3, -0.25) is 0 Å². The van der Waals surface area contributed by atoms with Gasteiger partial charge in [-0.25, -0.2) is 9.59 Å². The number of para-hydroxylation sites is 2. The third kappa shape index (κ3) is 4.99. The maximum atomic E-state index is 12.6. The monoisotopic (exact) mass is 462 g/mol. The predicted molar refractivity (Wildman–Crippen MR) is 125 cm³/mol. The van der Waals surface area contributed by atoms with E-state index in [2.05, 4.69) is 0 Å². The fourth-order valence-electron chi connectivity index (χ4n) is 3.05. The van der Waals surface area contributed by atoms with Gasteiger partial charge >= 0.3 is 11.9 Å². The number of ether oxygens (including phenoxy) is 2. The van der Waals surface area contributed by atoms with Gasteiger partial charge in [-0.1, -0.05) is 59.6 Å². The molecule has 4 aromatic carbocycles. The lowest BCUT2D eigenvalue weighted by Gasteiger charge is -2.14. The average Bonchev–Trinajstić information content (AvgIpc) is 2.81. The van der Waals surface area contributed by atoms with Crippen LogP contribution in [0.3, 0.4) is 0 Å². The van der Waals surface area contributed by atoms with Crippen molar-refractivity contribution >= 4 is 35.1 Å². The maximum Gasteiger partial charge on any atom is 0.343 e. The summed E-state index contributed by atoms with van der Waals surface area (Å²) in [5.41, 5.74) is 1.95. The highest BCUT2D eigenvalue weighted by molar-refractivity contribution is 6.31. The fourth-order valence-corrected chi connectivity index (χ4v) is 3.30. The van der Waals surface area contributed by atoms with Crippen LogP contribution in [0.25, 0.3) is 11.1 Å². The third-order valence-corrected chi connectivity index (χ3v) is 5.13. The van der Waals surface area contributed by atoms with E-state index in [0.29, 0.717) is 43.8 Å². The molecule has 0 aliphatic rings. The van der Waals surface area contributed by atoms with E-state index in [1.807, 2.05) is 12.1 Å². The van der Waals surface area contributed by atoms with Crippen LogP contribution in [0.5, 0.6) is 11.5 Å². The normalized spacial score (nSPS) is 10.4. The molecule has 0 aliphatic heterocycles. The summed E-state index contributed by atoms with van der Waals surface area (Å²) in [6.45, 7) is 0. The van der Waals surface area contributed by atoms with Gasteiger partial charge in [-0.2, -0.15) is 0 Å². The Kier molecular flexibility index (Phi) is 6.55. The van der Waals surface area contributed by atoms with Gasteiger partial charge in [0.05, 0.1) is 11.1 Å². The number of carbonyl (C=O) groups excluding carboxylic acids is 2. The topological polar surface area (TPSA) is 52.6 Å². The molecule has 0 unspecified atom stereocenters. The number of hydrogen-bond acceptors (Lipinski definition) is 4. The van der Waals surface area contributed by atoms with E-state index in [1.54, 1.807) is 84.9 Å². The Labute approximate surface area is 194 Å². The Balaban J connectivity index is 1.63. The van der Waals surface area contributed by atoms with Crippen molar-refractivity contribution in [3.05, 3.63) is 118 Å².